The number of methoxy groups -OCH3 is 1. The molecule has 0 fully saturated rings. The summed E-state index contributed by atoms with van der Waals surface area (Å²) in [5.74, 6) is 0.0746. The molecule has 3 N–H and O–H groups in total. The fraction of sp³-hybridized carbons (Fsp3) is 0.222. The molecule has 5 heteroatoms. The lowest BCUT2D eigenvalue weighted by Crippen LogP contribution is -2.32. The minimum Gasteiger partial charge on any atom is -0.496 e. The van der Waals surface area contributed by atoms with E-state index in [1.54, 1.807) is 12.1 Å². The molecule has 32 heavy (non-hydrogen) atoms. The minimum absolute atomic E-state index is 0.200. The lowest BCUT2D eigenvalue weighted by molar-refractivity contribution is 0.413. The summed E-state index contributed by atoms with van der Waals surface area (Å²) in [7, 11) is 1.53. The van der Waals surface area contributed by atoms with E-state index < -0.39 is 6.04 Å². The van der Waals surface area contributed by atoms with Crippen LogP contribution in [0.15, 0.2) is 60.7 Å². The molecular weight excluding hydrogens is 401 g/mol. The standard InChI is InChI=1S/C27H26FN3O/c1-16-14-27(2,3)31-22-11-10-21(20-9-8-19(28)13-23(20)32-4)25(24(16)22)26(30)18-7-5-6-17(12-18)15-29/h5-14,26,31H,30H2,1-4H3. The van der Waals surface area contributed by atoms with E-state index in [1.165, 1.54) is 19.2 Å². The van der Waals surface area contributed by atoms with Crippen LogP contribution in [0.2, 0.25) is 0 Å². The van der Waals surface area contributed by atoms with E-state index in [0.717, 1.165) is 39.1 Å². The molecule has 162 valence electrons. The molecule has 0 radical (unpaired) electrons. The Morgan fingerprint density at radius 2 is 1.84 bits per heavy atom. The lowest BCUT2D eigenvalue weighted by atomic mass is 9.81. The van der Waals surface area contributed by atoms with E-state index >= 15 is 0 Å². The number of nitriles is 1. The molecule has 1 unspecified atom stereocenters. The number of rotatable bonds is 4. The van der Waals surface area contributed by atoms with Crippen molar-refractivity contribution in [2.75, 3.05) is 12.4 Å². The Kier molecular flexibility index (Phi) is 5.50. The molecule has 1 heterocycles. The smallest absolute Gasteiger partial charge is 0.129 e. The Labute approximate surface area is 188 Å². The number of fused-ring (bicyclic) bond motifs is 1. The summed E-state index contributed by atoms with van der Waals surface area (Å²) in [6.07, 6.45) is 2.18. The van der Waals surface area contributed by atoms with E-state index in [1.807, 2.05) is 30.3 Å². The molecule has 0 spiro atoms. The highest BCUT2D eigenvalue weighted by Gasteiger charge is 2.29. The highest BCUT2D eigenvalue weighted by Crippen LogP contribution is 2.45. The van der Waals surface area contributed by atoms with E-state index in [4.69, 9.17) is 10.5 Å². The van der Waals surface area contributed by atoms with E-state index in [9.17, 15) is 9.65 Å². The predicted octanol–water partition coefficient (Wildman–Crippen LogP) is 6.03. The van der Waals surface area contributed by atoms with Crippen molar-refractivity contribution >= 4 is 11.3 Å². The van der Waals surface area contributed by atoms with Crippen LogP contribution in [0, 0.1) is 17.1 Å². The summed E-state index contributed by atoms with van der Waals surface area (Å²) in [6.45, 7) is 6.31. The normalized spacial score (nSPS) is 15.1. The first kappa shape index (κ1) is 21.6. The summed E-state index contributed by atoms with van der Waals surface area (Å²) in [5, 5.41) is 12.9. The number of allylic oxidation sites excluding steroid dienone is 1. The fourth-order valence-electron chi connectivity index (χ4n) is 4.56. The number of hydrogen-bond donors (Lipinski definition) is 2. The first-order chi connectivity index (χ1) is 15.2. The van der Waals surface area contributed by atoms with Crippen LogP contribution in [0.1, 0.15) is 49.1 Å². The Hall–Kier alpha value is -3.62. The number of nitrogens with zero attached hydrogens (tertiary/aromatic N) is 1. The zero-order chi connectivity index (χ0) is 23.0. The van der Waals surface area contributed by atoms with Crippen molar-refractivity contribution in [3.05, 3.63) is 88.7 Å². The summed E-state index contributed by atoms with van der Waals surface area (Å²) < 4.78 is 19.4. The van der Waals surface area contributed by atoms with Gasteiger partial charge >= 0.3 is 0 Å². The van der Waals surface area contributed by atoms with Crippen LogP contribution in [0.4, 0.5) is 10.1 Å². The Morgan fingerprint density at radius 1 is 1.09 bits per heavy atom. The number of anilines is 1. The molecule has 0 aliphatic carbocycles. The van der Waals surface area contributed by atoms with Crippen molar-refractivity contribution in [1.29, 1.82) is 5.26 Å². The van der Waals surface area contributed by atoms with E-state index in [2.05, 4.69) is 38.2 Å². The molecule has 0 amide bonds. The van der Waals surface area contributed by atoms with Gasteiger partial charge in [-0.05, 0) is 73.4 Å². The fourth-order valence-corrected chi connectivity index (χ4v) is 4.56. The molecule has 0 bridgehead atoms. The van der Waals surface area contributed by atoms with Crippen LogP contribution in [0.25, 0.3) is 16.7 Å². The molecular formula is C27H26FN3O. The molecule has 3 aromatic carbocycles. The largest absolute Gasteiger partial charge is 0.496 e. The van der Waals surface area contributed by atoms with Gasteiger partial charge in [0, 0.05) is 22.9 Å². The molecule has 1 aliphatic heterocycles. The van der Waals surface area contributed by atoms with Crippen molar-refractivity contribution in [1.82, 2.24) is 0 Å². The molecule has 4 nitrogen and oxygen atoms in total. The van der Waals surface area contributed by atoms with Crippen molar-refractivity contribution in [2.24, 2.45) is 5.73 Å². The highest BCUT2D eigenvalue weighted by molar-refractivity contribution is 5.89. The van der Waals surface area contributed by atoms with Gasteiger partial charge < -0.3 is 15.8 Å². The third kappa shape index (κ3) is 3.86. The summed E-state index contributed by atoms with van der Waals surface area (Å²) in [6, 6.07) is 17.6. The third-order valence-electron chi connectivity index (χ3n) is 5.81. The molecule has 0 saturated heterocycles. The van der Waals surface area contributed by atoms with E-state index in [0.29, 0.717) is 11.3 Å². The van der Waals surface area contributed by atoms with Crippen molar-refractivity contribution in [2.45, 2.75) is 32.4 Å². The Balaban J connectivity index is 2.02. The second kappa shape index (κ2) is 8.14. The van der Waals surface area contributed by atoms with Gasteiger partial charge in [-0.3, -0.25) is 0 Å². The maximum atomic E-state index is 13.9. The average molecular weight is 428 g/mol. The first-order valence-electron chi connectivity index (χ1n) is 10.5. The number of hydrogen-bond acceptors (Lipinski definition) is 4. The van der Waals surface area contributed by atoms with E-state index in [-0.39, 0.29) is 11.4 Å². The minimum atomic E-state index is -0.505. The van der Waals surface area contributed by atoms with Gasteiger partial charge in [-0.25, -0.2) is 4.39 Å². The van der Waals surface area contributed by atoms with Crippen LogP contribution in [0.5, 0.6) is 5.75 Å². The molecule has 3 aromatic rings. The van der Waals surface area contributed by atoms with Crippen LogP contribution >= 0.6 is 0 Å². The molecule has 0 saturated carbocycles. The molecule has 4 rings (SSSR count). The van der Waals surface area contributed by atoms with Crippen LogP contribution in [-0.4, -0.2) is 12.6 Å². The number of benzene rings is 3. The molecule has 0 aromatic heterocycles. The van der Waals surface area contributed by atoms with Crippen molar-refractivity contribution < 1.29 is 9.13 Å². The van der Waals surface area contributed by atoms with Gasteiger partial charge in [0.1, 0.15) is 11.6 Å². The Morgan fingerprint density at radius 3 is 2.56 bits per heavy atom. The average Bonchev–Trinajstić information content (AvgIpc) is 2.77. The number of nitrogens with two attached hydrogens (primary N) is 1. The first-order valence-corrected chi connectivity index (χ1v) is 10.5. The number of nitrogens with one attached hydrogen (secondary N) is 1. The third-order valence-corrected chi connectivity index (χ3v) is 5.81. The number of ether oxygens (including phenoxy) is 1. The maximum Gasteiger partial charge on any atom is 0.129 e. The van der Waals surface area contributed by atoms with Crippen molar-refractivity contribution in [3.8, 4) is 22.9 Å². The van der Waals surface area contributed by atoms with Gasteiger partial charge in [0.15, 0.2) is 0 Å². The lowest BCUT2D eigenvalue weighted by Gasteiger charge is -2.34. The zero-order valence-corrected chi connectivity index (χ0v) is 18.7. The second-order valence-electron chi connectivity index (χ2n) is 8.68. The summed E-state index contributed by atoms with van der Waals surface area (Å²) in [4.78, 5) is 0. The molecule has 1 atom stereocenters. The van der Waals surface area contributed by atoms with Crippen LogP contribution < -0.4 is 15.8 Å². The van der Waals surface area contributed by atoms with Gasteiger partial charge in [0.25, 0.3) is 0 Å². The monoisotopic (exact) mass is 427 g/mol. The number of halogens is 1. The van der Waals surface area contributed by atoms with Gasteiger partial charge in [-0.1, -0.05) is 24.3 Å². The quantitative estimate of drug-likeness (QED) is 0.533. The van der Waals surface area contributed by atoms with Gasteiger partial charge in [0.2, 0.25) is 0 Å². The van der Waals surface area contributed by atoms with Gasteiger partial charge in [0.05, 0.1) is 30.3 Å². The van der Waals surface area contributed by atoms with Gasteiger partial charge in [-0.15, -0.1) is 0 Å². The van der Waals surface area contributed by atoms with Crippen molar-refractivity contribution in [3.63, 3.8) is 0 Å². The second-order valence-corrected chi connectivity index (χ2v) is 8.68. The maximum absolute atomic E-state index is 13.9. The zero-order valence-electron chi connectivity index (χ0n) is 18.7. The SMILES string of the molecule is COc1cc(F)ccc1-c1ccc2c(c1C(N)c1cccc(C#N)c1)C(C)=CC(C)(C)N2. The van der Waals surface area contributed by atoms with Gasteiger partial charge in [-0.2, -0.15) is 5.26 Å². The molecule has 1 aliphatic rings. The van der Waals surface area contributed by atoms with Crippen LogP contribution in [-0.2, 0) is 0 Å². The summed E-state index contributed by atoms with van der Waals surface area (Å²) in [5.41, 5.74) is 13.7. The highest BCUT2D eigenvalue weighted by atomic mass is 19.1. The Bertz CT molecular complexity index is 1270. The topological polar surface area (TPSA) is 71.1 Å². The summed E-state index contributed by atoms with van der Waals surface area (Å²) >= 11 is 0. The van der Waals surface area contributed by atoms with Crippen LogP contribution in [0.3, 0.4) is 0 Å². The predicted molar refractivity (Wildman–Crippen MR) is 127 cm³/mol.